The average molecular weight is 265 g/mol. The van der Waals surface area contributed by atoms with Crippen molar-refractivity contribution in [2.45, 2.75) is 12.6 Å². The van der Waals surface area contributed by atoms with Gasteiger partial charge in [0, 0.05) is 17.4 Å². The largest absolute Gasteiger partial charge is 0.416 e. The van der Waals surface area contributed by atoms with Gasteiger partial charge < -0.3 is 0 Å². The van der Waals surface area contributed by atoms with Gasteiger partial charge in [-0.1, -0.05) is 11.6 Å². The van der Waals surface area contributed by atoms with Crippen molar-refractivity contribution < 1.29 is 13.2 Å². The molecule has 0 aliphatic heterocycles. The van der Waals surface area contributed by atoms with Crippen LogP contribution in [0.4, 0.5) is 18.9 Å². The highest BCUT2D eigenvalue weighted by molar-refractivity contribution is 7.47. The zero-order valence-corrected chi connectivity index (χ0v) is 9.25. The molecule has 0 atom stereocenters. The first-order chi connectivity index (χ1) is 7.40. The molecule has 0 unspecified atom stereocenters. The molecule has 1 aromatic carbocycles. The van der Waals surface area contributed by atoms with E-state index in [1.807, 2.05) is 0 Å². The summed E-state index contributed by atoms with van der Waals surface area (Å²) in [5.41, 5.74) is -1.27. The molecule has 0 saturated heterocycles. The Kier molecular flexibility index (Phi) is 3.83. The molecule has 1 rings (SSSR count). The van der Waals surface area contributed by atoms with Crippen LogP contribution in [0.2, 0.25) is 5.02 Å². The van der Waals surface area contributed by atoms with Crippen molar-refractivity contribution in [2.24, 2.45) is 4.36 Å². The van der Waals surface area contributed by atoms with Crippen LogP contribution in [-0.4, -0.2) is 0 Å². The van der Waals surface area contributed by atoms with Crippen LogP contribution in [0.3, 0.4) is 0 Å². The Morgan fingerprint density at radius 3 is 2.50 bits per heavy atom. The number of nitrogens with zero attached hydrogens (tertiary/aromatic N) is 2. The fourth-order valence-corrected chi connectivity index (χ4v) is 1.57. The highest BCUT2D eigenvalue weighted by Crippen LogP contribution is 2.38. The molecule has 0 bridgehead atoms. The molecule has 0 aliphatic carbocycles. The lowest BCUT2D eigenvalue weighted by atomic mass is 10.0. The Hall–Kier alpha value is -1.19. The normalized spacial score (nSPS) is 10.9. The second-order valence-electron chi connectivity index (χ2n) is 2.88. The zero-order valence-electron chi connectivity index (χ0n) is 7.68. The van der Waals surface area contributed by atoms with E-state index in [9.17, 15) is 13.2 Å². The molecule has 0 heterocycles. The summed E-state index contributed by atoms with van der Waals surface area (Å²) in [7, 11) is 0. The molecule has 2 nitrogen and oxygen atoms in total. The van der Waals surface area contributed by atoms with E-state index in [0.29, 0.717) is 0 Å². The van der Waals surface area contributed by atoms with Gasteiger partial charge in [-0.25, -0.2) is 0 Å². The maximum Gasteiger partial charge on any atom is 0.416 e. The minimum absolute atomic E-state index is 0.0472. The zero-order chi connectivity index (χ0) is 12.3. The molecule has 0 radical (unpaired) electrons. The van der Waals surface area contributed by atoms with Crippen LogP contribution < -0.4 is 0 Å². The number of hydrogen-bond donors (Lipinski definition) is 0. The van der Waals surface area contributed by atoms with Crippen LogP contribution in [0.25, 0.3) is 0 Å². The van der Waals surface area contributed by atoms with Crippen LogP contribution in [-0.2, 0) is 25.0 Å². The topological polar surface area (TPSA) is 36.1 Å². The van der Waals surface area contributed by atoms with E-state index in [0.717, 1.165) is 6.07 Å². The van der Waals surface area contributed by atoms with Crippen molar-refractivity contribution >= 4 is 29.7 Å². The molecule has 0 aromatic heterocycles. The lowest BCUT2D eigenvalue weighted by Gasteiger charge is -2.12. The van der Waals surface area contributed by atoms with E-state index >= 15 is 0 Å². The van der Waals surface area contributed by atoms with Gasteiger partial charge in [-0.15, -0.1) is 0 Å². The Morgan fingerprint density at radius 2 is 2.06 bits per heavy atom. The van der Waals surface area contributed by atoms with Gasteiger partial charge in [0.05, 0.1) is 23.7 Å². The lowest BCUT2D eigenvalue weighted by molar-refractivity contribution is -0.138. The summed E-state index contributed by atoms with van der Waals surface area (Å²) < 4.78 is 41.1. The minimum atomic E-state index is -4.58. The molecule has 0 N–H and O–H groups in total. The third-order valence-corrected chi connectivity index (χ3v) is 2.39. The standard InChI is InChI=1S/C9H4ClF3N2S/c10-8-4-5(15-16)3-7(9(11,12)13)6(8)1-2-14/h3-4H,1H2. The first-order valence-corrected chi connectivity index (χ1v) is 4.74. The van der Waals surface area contributed by atoms with Crippen LogP contribution in [0.15, 0.2) is 16.5 Å². The van der Waals surface area contributed by atoms with Crippen molar-refractivity contribution in [3.63, 3.8) is 0 Å². The summed E-state index contributed by atoms with van der Waals surface area (Å²) in [4.78, 5) is 0. The maximum atomic E-state index is 12.6. The second kappa shape index (κ2) is 4.76. The van der Waals surface area contributed by atoms with Gasteiger partial charge in [-0.2, -0.15) is 22.8 Å². The van der Waals surface area contributed by atoms with Crippen molar-refractivity contribution in [3.05, 3.63) is 28.3 Å². The van der Waals surface area contributed by atoms with Gasteiger partial charge in [0.2, 0.25) is 0 Å². The molecule has 7 heteroatoms. The molecule has 0 saturated carbocycles. The Morgan fingerprint density at radius 1 is 1.44 bits per heavy atom. The predicted molar refractivity (Wildman–Crippen MR) is 55.2 cm³/mol. The van der Waals surface area contributed by atoms with Gasteiger partial charge in [-0.3, -0.25) is 0 Å². The number of alkyl halides is 3. The highest BCUT2D eigenvalue weighted by atomic mass is 35.5. The summed E-state index contributed by atoms with van der Waals surface area (Å²) in [5, 5.41) is 8.29. The molecule has 84 valence electrons. The van der Waals surface area contributed by atoms with Gasteiger partial charge in [0.25, 0.3) is 0 Å². The summed E-state index contributed by atoms with van der Waals surface area (Å²) >= 11 is 9.94. The molecule has 1 aromatic rings. The van der Waals surface area contributed by atoms with Gasteiger partial charge >= 0.3 is 6.18 Å². The van der Waals surface area contributed by atoms with E-state index in [4.69, 9.17) is 16.9 Å². The van der Waals surface area contributed by atoms with Crippen LogP contribution >= 0.6 is 11.6 Å². The molecular weight excluding hydrogens is 261 g/mol. The average Bonchev–Trinajstić information content (AvgIpc) is 2.19. The first kappa shape index (κ1) is 12.9. The van der Waals surface area contributed by atoms with E-state index in [2.05, 4.69) is 16.8 Å². The van der Waals surface area contributed by atoms with Gasteiger partial charge in [-0.05, 0) is 17.7 Å². The molecule has 16 heavy (non-hydrogen) atoms. The van der Waals surface area contributed by atoms with E-state index in [1.54, 1.807) is 6.07 Å². The molecule has 0 aliphatic rings. The van der Waals surface area contributed by atoms with Crippen LogP contribution in [0, 0.1) is 11.3 Å². The highest BCUT2D eigenvalue weighted by Gasteiger charge is 2.34. The van der Waals surface area contributed by atoms with Crippen molar-refractivity contribution in [1.82, 2.24) is 0 Å². The smallest absolute Gasteiger partial charge is 0.198 e. The first-order valence-electron chi connectivity index (χ1n) is 4.00. The number of nitriles is 1. The predicted octanol–water partition coefficient (Wildman–Crippen LogP) is 3.79. The Bertz CT molecular complexity index is 465. The number of halogens is 4. The summed E-state index contributed by atoms with van der Waals surface area (Å²) in [6.07, 6.45) is -4.99. The van der Waals surface area contributed by atoms with Crippen LogP contribution in [0.5, 0.6) is 0 Å². The molecular formula is C9H4ClF3N2S. The van der Waals surface area contributed by atoms with E-state index in [1.165, 1.54) is 6.07 Å². The molecule has 0 amide bonds. The van der Waals surface area contributed by atoms with Crippen molar-refractivity contribution in [3.8, 4) is 6.07 Å². The van der Waals surface area contributed by atoms with Crippen molar-refractivity contribution in [1.29, 1.82) is 5.26 Å². The Labute approximate surface area is 99.8 Å². The fourth-order valence-electron chi connectivity index (χ4n) is 1.19. The second-order valence-corrected chi connectivity index (χ2v) is 3.47. The van der Waals surface area contributed by atoms with E-state index in [-0.39, 0.29) is 16.3 Å². The fraction of sp³-hybridized carbons (Fsp3) is 0.222. The SMILES string of the molecule is N#CCc1c(Cl)cc(N=S)cc1C(F)(F)F. The summed E-state index contributed by atoms with van der Waals surface area (Å²) in [5.74, 6) is 0. The minimum Gasteiger partial charge on any atom is -0.198 e. The van der Waals surface area contributed by atoms with E-state index < -0.39 is 18.2 Å². The van der Waals surface area contributed by atoms with Crippen LogP contribution in [0.1, 0.15) is 11.1 Å². The molecule has 0 fully saturated rings. The Balaban J connectivity index is 3.47. The monoisotopic (exact) mass is 264 g/mol. The maximum absolute atomic E-state index is 12.6. The third-order valence-electron chi connectivity index (χ3n) is 1.85. The van der Waals surface area contributed by atoms with Gasteiger partial charge in [0.15, 0.2) is 0 Å². The number of hydrogen-bond acceptors (Lipinski definition) is 3. The molecule has 0 spiro atoms. The van der Waals surface area contributed by atoms with Crippen molar-refractivity contribution in [2.75, 3.05) is 0 Å². The summed E-state index contributed by atoms with van der Waals surface area (Å²) in [6, 6.07) is 3.62. The number of rotatable bonds is 2. The number of benzene rings is 1. The summed E-state index contributed by atoms with van der Waals surface area (Å²) in [6.45, 7) is 0. The van der Waals surface area contributed by atoms with Gasteiger partial charge in [0.1, 0.15) is 0 Å². The lowest BCUT2D eigenvalue weighted by Crippen LogP contribution is -2.09. The quantitative estimate of drug-likeness (QED) is 0.815. The third kappa shape index (κ3) is 2.68.